The smallest absolute Gasteiger partial charge is 0.412 e. The average Bonchev–Trinajstić information content (AvgIpc) is 2.51. The van der Waals surface area contributed by atoms with Crippen LogP contribution in [0.15, 0.2) is 0 Å². The second-order valence-electron chi connectivity index (χ2n) is 6.42. The van der Waals surface area contributed by atoms with E-state index in [2.05, 4.69) is 0 Å². The average molecular weight is 273 g/mol. The third-order valence-corrected chi connectivity index (χ3v) is 3.10. The van der Waals surface area contributed by atoms with Gasteiger partial charge in [0, 0.05) is 6.04 Å². The minimum atomic E-state index is -0.709. The van der Waals surface area contributed by atoms with Crippen molar-refractivity contribution in [1.82, 2.24) is 4.90 Å². The molecular weight excluding hydrogens is 246 g/mol. The topological polar surface area (TPSA) is 90.8 Å². The van der Waals surface area contributed by atoms with E-state index in [0.717, 1.165) is 0 Å². The van der Waals surface area contributed by atoms with Gasteiger partial charge in [-0.05, 0) is 47.6 Å². The summed E-state index contributed by atoms with van der Waals surface area (Å²) in [5, 5.41) is 0. The summed E-state index contributed by atoms with van der Waals surface area (Å²) in [4.78, 5) is 13.9. The van der Waals surface area contributed by atoms with Gasteiger partial charge in [0.25, 0.3) is 0 Å². The Balaban J connectivity index is 2.87. The van der Waals surface area contributed by atoms with E-state index in [1.165, 1.54) is 0 Å². The highest BCUT2D eigenvalue weighted by Crippen LogP contribution is 2.30. The Bertz CT molecular complexity index is 326. The summed E-state index contributed by atoms with van der Waals surface area (Å²) in [5.41, 5.74) is 10.4. The molecule has 6 nitrogen and oxygen atoms in total. The van der Waals surface area contributed by atoms with Gasteiger partial charge in [0.15, 0.2) is 0 Å². The molecule has 1 amide bonds. The fraction of sp³-hybridized carbons (Fsp3) is 0.923. The van der Waals surface area contributed by atoms with E-state index in [-0.39, 0.29) is 12.1 Å². The van der Waals surface area contributed by atoms with E-state index in [1.807, 2.05) is 34.6 Å². The summed E-state index contributed by atoms with van der Waals surface area (Å²) >= 11 is 0. The Morgan fingerprint density at radius 2 is 2.11 bits per heavy atom. The molecule has 0 spiro atoms. The molecule has 0 aromatic heterocycles. The maximum Gasteiger partial charge on any atom is 0.412 e. The molecule has 0 unspecified atom stereocenters. The van der Waals surface area contributed by atoms with Crippen LogP contribution in [0.3, 0.4) is 0 Å². The van der Waals surface area contributed by atoms with Crippen LogP contribution in [-0.2, 0) is 9.47 Å². The standard InChI is InChI=1S/C13H27N3O3/c1-12(2,3)19-11(17)16-10(9(15)6-7-14)8-18-13(16,4)5/h9-10H,6-8,14-15H2,1-5H3/t9-,10-/m0/s1. The third-order valence-electron chi connectivity index (χ3n) is 3.10. The van der Waals surface area contributed by atoms with E-state index in [9.17, 15) is 4.79 Å². The summed E-state index contributed by atoms with van der Waals surface area (Å²) in [6.45, 7) is 10.1. The van der Waals surface area contributed by atoms with Gasteiger partial charge >= 0.3 is 6.09 Å². The van der Waals surface area contributed by atoms with Crippen molar-refractivity contribution in [1.29, 1.82) is 0 Å². The molecule has 19 heavy (non-hydrogen) atoms. The molecule has 1 heterocycles. The predicted molar refractivity (Wildman–Crippen MR) is 73.5 cm³/mol. The van der Waals surface area contributed by atoms with E-state index >= 15 is 0 Å². The Morgan fingerprint density at radius 1 is 1.53 bits per heavy atom. The zero-order valence-corrected chi connectivity index (χ0v) is 12.6. The van der Waals surface area contributed by atoms with E-state index in [4.69, 9.17) is 20.9 Å². The number of carbonyl (C=O) groups excluding carboxylic acids is 1. The summed E-state index contributed by atoms with van der Waals surface area (Å²) in [6, 6.07) is -0.410. The fourth-order valence-corrected chi connectivity index (χ4v) is 2.20. The number of ether oxygens (including phenoxy) is 2. The van der Waals surface area contributed by atoms with Gasteiger partial charge in [-0.1, -0.05) is 0 Å². The van der Waals surface area contributed by atoms with E-state index in [0.29, 0.717) is 19.6 Å². The molecule has 1 aliphatic rings. The van der Waals surface area contributed by atoms with Crippen LogP contribution in [0, 0.1) is 0 Å². The number of amides is 1. The van der Waals surface area contributed by atoms with Crippen molar-refractivity contribution in [3.8, 4) is 0 Å². The Kier molecular flexibility index (Phi) is 4.81. The lowest BCUT2D eigenvalue weighted by Crippen LogP contribution is -2.55. The second-order valence-corrected chi connectivity index (χ2v) is 6.42. The Morgan fingerprint density at radius 3 is 2.58 bits per heavy atom. The SMILES string of the molecule is CC(C)(C)OC(=O)N1[C@H]([C@@H](N)CCN)COC1(C)C. The van der Waals surface area contributed by atoms with Crippen molar-refractivity contribution in [3.63, 3.8) is 0 Å². The zero-order chi connectivity index (χ0) is 14.8. The first-order valence-corrected chi connectivity index (χ1v) is 6.70. The number of nitrogens with two attached hydrogens (primary N) is 2. The van der Waals surface area contributed by atoms with Gasteiger partial charge < -0.3 is 20.9 Å². The highest BCUT2D eigenvalue weighted by Gasteiger charge is 2.47. The molecule has 0 bridgehead atoms. The largest absolute Gasteiger partial charge is 0.444 e. The normalized spacial score (nSPS) is 24.4. The van der Waals surface area contributed by atoms with Gasteiger partial charge in [-0.15, -0.1) is 0 Å². The van der Waals surface area contributed by atoms with Crippen LogP contribution in [0.25, 0.3) is 0 Å². The minimum Gasteiger partial charge on any atom is -0.444 e. The maximum absolute atomic E-state index is 12.3. The summed E-state index contributed by atoms with van der Waals surface area (Å²) < 4.78 is 11.1. The van der Waals surface area contributed by atoms with Gasteiger partial charge in [-0.2, -0.15) is 0 Å². The van der Waals surface area contributed by atoms with Gasteiger partial charge in [0.2, 0.25) is 0 Å². The van der Waals surface area contributed by atoms with Gasteiger partial charge in [-0.3, -0.25) is 4.90 Å². The number of rotatable bonds is 3. The maximum atomic E-state index is 12.3. The number of nitrogens with zero attached hydrogens (tertiary/aromatic N) is 1. The summed E-state index contributed by atoms with van der Waals surface area (Å²) in [5.74, 6) is 0. The molecular formula is C13H27N3O3. The quantitative estimate of drug-likeness (QED) is 0.801. The molecule has 0 radical (unpaired) electrons. The molecule has 1 aliphatic heterocycles. The first-order chi connectivity index (χ1) is 8.58. The molecule has 0 saturated carbocycles. The first-order valence-electron chi connectivity index (χ1n) is 6.70. The van der Waals surface area contributed by atoms with Gasteiger partial charge in [0.1, 0.15) is 11.3 Å². The van der Waals surface area contributed by atoms with Crippen molar-refractivity contribution in [3.05, 3.63) is 0 Å². The number of hydrogen-bond donors (Lipinski definition) is 2. The molecule has 4 N–H and O–H groups in total. The van der Waals surface area contributed by atoms with Crippen molar-refractivity contribution >= 4 is 6.09 Å². The highest BCUT2D eigenvalue weighted by atomic mass is 16.6. The molecule has 0 aliphatic carbocycles. The highest BCUT2D eigenvalue weighted by molar-refractivity contribution is 5.70. The molecule has 1 rings (SSSR count). The molecule has 0 aromatic rings. The lowest BCUT2D eigenvalue weighted by Gasteiger charge is -2.36. The van der Waals surface area contributed by atoms with Crippen LogP contribution in [0.1, 0.15) is 41.0 Å². The molecule has 2 atom stereocenters. The van der Waals surface area contributed by atoms with Crippen LogP contribution in [0.5, 0.6) is 0 Å². The van der Waals surface area contributed by atoms with Crippen LogP contribution < -0.4 is 11.5 Å². The Hall–Kier alpha value is -0.850. The van der Waals surface area contributed by atoms with E-state index in [1.54, 1.807) is 4.90 Å². The monoisotopic (exact) mass is 273 g/mol. The molecule has 6 heteroatoms. The van der Waals surface area contributed by atoms with Crippen molar-refractivity contribution in [2.45, 2.75) is 64.4 Å². The molecule has 0 aromatic carbocycles. The van der Waals surface area contributed by atoms with Crippen molar-refractivity contribution in [2.24, 2.45) is 11.5 Å². The zero-order valence-electron chi connectivity index (χ0n) is 12.6. The van der Waals surface area contributed by atoms with Crippen LogP contribution in [0.4, 0.5) is 4.79 Å². The molecule has 1 saturated heterocycles. The molecule has 112 valence electrons. The molecule has 1 fully saturated rings. The lowest BCUT2D eigenvalue weighted by atomic mass is 10.0. The van der Waals surface area contributed by atoms with Gasteiger partial charge in [0.05, 0.1) is 12.6 Å². The third kappa shape index (κ3) is 4.06. The number of hydrogen-bond acceptors (Lipinski definition) is 5. The van der Waals surface area contributed by atoms with Crippen LogP contribution >= 0.6 is 0 Å². The van der Waals surface area contributed by atoms with Crippen LogP contribution in [-0.4, -0.2) is 47.6 Å². The number of carbonyl (C=O) groups is 1. The summed E-state index contributed by atoms with van der Waals surface area (Å²) in [6.07, 6.45) is 0.246. The fourth-order valence-electron chi connectivity index (χ4n) is 2.20. The van der Waals surface area contributed by atoms with Gasteiger partial charge in [-0.25, -0.2) is 4.79 Å². The van der Waals surface area contributed by atoms with E-state index < -0.39 is 17.4 Å². The van der Waals surface area contributed by atoms with Crippen molar-refractivity contribution in [2.75, 3.05) is 13.2 Å². The summed E-state index contributed by atoms with van der Waals surface area (Å²) in [7, 11) is 0. The first kappa shape index (κ1) is 16.2. The lowest BCUT2D eigenvalue weighted by molar-refractivity contribution is -0.0632. The Labute approximate surface area is 115 Å². The second kappa shape index (κ2) is 5.64. The minimum absolute atomic E-state index is 0.201. The van der Waals surface area contributed by atoms with Crippen LogP contribution in [0.2, 0.25) is 0 Å². The predicted octanol–water partition coefficient (Wildman–Crippen LogP) is 1.03. The van der Waals surface area contributed by atoms with Crippen molar-refractivity contribution < 1.29 is 14.3 Å².